The minimum Gasteiger partial charge on any atom is -0.353 e. The van der Waals surface area contributed by atoms with Gasteiger partial charge in [0.25, 0.3) is 0 Å². The third-order valence-electron chi connectivity index (χ3n) is 2.86. The third-order valence-corrected chi connectivity index (χ3v) is 2.86. The fourth-order valence-corrected chi connectivity index (χ4v) is 2.05. The molecule has 0 aromatic heterocycles. The van der Waals surface area contributed by atoms with E-state index in [1.54, 1.807) is 0 Å². The summed E-state index contributed by atoms with van der Waals surface area (Å²) in [5, 5.41) is 3.09. The second kappa shape index (κ2) is 4.48. The monoisotopic (exact) mass is 169 g/mol. The Balaban J connectivity index is 2.55. The maximum absolute atomic E-state index is 11.2. The molecule has 2 heteroatoms. The first-order valence-corrected chi connectivity index (χ1v) is 5.07. The Kier molecular flexibility index (Phi) is 3.57. The molecule has 1 N–H and O–H groups in total. The molecule has 1 fully saturated rings. The zero-order valence-electron chi connectivity index (χ0n) is 8.10. The van der Waals surface area contributed by atoms with Crippen molar-refractivity contribution in [2.45, 2.75) is 52.0 Å². The number of carbonyl (C=O) groups is 1. The molecule has 1 saturated heterocycles. The number of nitrogens with one attached hydrogen (secondary N) is 1. The molecule has 2 atom stereocenters. The number of hydrogen-bond donors (Lipinski definition) is 1. The second-order valence-electron chi connectivity index (χ2n) is 3.64. The van der Waals surface area contributed by atoms with Crippen LogP contribution < -0.4 is 5.32 Å². The molecule has 0 spiro atoms. The Morgan fingerprint density at radius 2 is 2.17 bits per heavy atom. The summed E-state index contributed by atoms with van der Waals surface area (Å²) in [6, 6.07) is 0.435. The fourth-order valence-electron chi connectivity index (χ4n) is 2.05. The summed E-state index contributed by atoms with van der Waals surface area (Å²) < 4.78 is 0. The molecule has 0 aromatic rings. The van der Waals surface area contributed by atoms with Crippen LogP contribution in [0.15, 0.2) is 0 Å². The molecule has 70 valence electrons. The number of rotatable bonds is 2. The summed E-state index contributed by atoms with van der Waals surface area (Å²) in [7, 11) is 0. The molecule has 0 saturated carbocycles. The first kappa shape index (κ1) is 9.56. The zero-order valence-corrected chi connectivity index (χ0v) is 8.10. The van der Waals surface area contributed by atoms with E-state index >= 15 is 0 Å². The van der Waals surface area contributed by atoms with Crippen LogP contribution in [0.25, 0.3) is 0 Å². The molecule has 0 bridgehead atoms. The second-order valence-corrected chi connectivity index (χ2v) is 3.64. The predicted molar refractivity (Wildman–Crippen MR) is 49.9 cm³/mol. The summed E-state index contributed by atoms with van der Waals surface area (Å²) in [6.07, 6.45) is 5.28. The van der Waals surface area contributed by atoms with Gasteiger partial charge >= 0.3 is 0 Å². The van der Waals surface area contributed by atoms with Crippen molar-refractivity contribution >= 4 is 5.91 Å². The van der Waals surface area contributed by atoms with Crippen molar-refractivity contribution in [3.63, 3.8) is 0 Å². The van der Waals surface area contributed by atoms with Crippen LogP contribution in [0.2, 0.25) is 0 Å². The Morgan fingerprint density at radius 3 is 2.75 bits per heavy atom. The lowest BCUT2D eigenvalue weighted by Crippen LogP contribution is -2.37. The molecular formula is C10H19NO. The van der Waals surface area contributed by atoms with Crippen molar-refractivity contribution in [2.24, 2.45) is 5.92 Å². The molecule has 1 aliphatic heterocycles. The summed E-state index contributed by atoms with van der Waals surface area (Å²) in [4.78, 5) is 11.2. The molecule has 1 heterocycles. The summed E-state index contributed by atoms with van der Waals surface area (Å²) >= 11 is 0. The lowest BCUT2D eigenvalue weighted by atomic mass is 9.91. The first-order chi connectivity index (χ1) is 5.77. The van der Waals surface area contributed by atoms with Crippen molar-refractivity contribution in [1.82, 2.24) is 5.32 Å². The van der Waals surface area contributed by atoms with Gasteiger partial charge in [-0.15, -0.1) is 0 Å². The zero-order chi connectivity index (χ0) is 8.97. The SMILES string of the molecule is CCC1CCCC(=O)NC1CC. The predicted octanol–water partition coefficient (Wildman–Crippen LogP) is 2.09. The minimum atomic E-state index is 0.248. The number of carbonyl (C=O) groups excluding carboxylic acids is 1. The van der Waals surface area contributed by atoms with Crippen LogP contribution >= 0.6 is 0 Å². The maximum atomic E-state index is 11.2. The molecule has 1 rings (SSSR count). The van der Waals surface area contributed by atoms with E-state index in [-0.39, 0.29) is 5.91 Å². The quantitative estimate of drug-likeness (QED) is 0.673. The summed E-state index contributed by atoms with van der Waals surface area (Å²) in [5.41, 5.74) is 0. The van der Waals surface area contributed by atoms with Gasteiger partial charge in [0, 0.05) is 12.5 Å². The minimum absolute atomic E-state index is 0.248. The van der Waals surface area contributed by atoms with Crippen molar-refractivity contribution in [2.75, 3.05) is 0 Å². The highest BCUT2D eigenvalue weighted by Crippen LogP contribution is 2.21. The van der Waals surface area contributed by atoms with Crippen LogP contribution in [0.3, 0.4) is 0 Å². The molecule has 12 heavy (non-hydrogen) atoms. The molecule has 2 nitrogen and oxygen atoms in total. The summed E-state index contributed by atoms with van der Waals surface area (Å²) in [5.74, 6) is 0.958. The van der Waals surface area contributed by atoms with Crippen LogP contribution in [-0.2, 0) is 4.79 Å². The van der Waals surface area contributed by atoms with Gasteiger partial charge < -0.3 is 5.32 Å². The lowest BCUT2D eigenvalue weighted by molar-refractivity contribution is -0.121. The average molecular weight is 169 g/mol. The van der Waals surface area contributed by atoms with Crippen molar-refractivity contribution in [1.29, 1.82) is 0 Å². The molecular weight excluding hydrogens is 150 g/mol. The Bertz CT molecular complexity index is 156. The van der Waals surface area contributed by atoms with Crippen LogP contribution in [0.5, 0.6) is 0 Å². The molecule has 0 aromatic carbocycles. The largest absolute Gasteiger partial charge is 0.353 e. The van der Waals surface area contributed by atoms with Gasteiger partial charge in [-0.05, 0) is 25.2 Å². The number of amides is 1. The number of hydrogen-bond acceptors (Lipinski definition) is 1. The Hall–Kier alpha value is -0.530. The van der Waals surface area contributed by atoms with E-state index in [0.717, 1.165) is 19.3 Å². The van der Waals surface area contributed by atoms with Gasteiger partial charge in [0.15, 0.2) is 0 Å². The Labute approximate surface area is 74.7 Å². The van der Waals surface area contributed by atoms with Crippen LogP contribution in [0, 0.1) is 5.92 Å². The smallest absolute Gasteiger partial charge is 0.220 e. The van der Waals surface area contributed by atoms with Gasteiger partial charge in [0.1, 0.15) is 0 Å². The summed E-state index contributed by atoms with van der Waals surface area (Å²) in [6.45, 7) is 4.36. The lowest BCUT2D eigenvalue weighted by Gasteiger charge is -2.22. The Morgan fingerprint density at radius 1 is 1.42 bits per heavy atom. The highest BCUT2D eigenvalue weighted by atomic mass is 16.1. The van der Waals surface area contributed by atoms with E-state index in [9.17, 15) is 4.79 Å². The van der Waals surface area contributed by atoms with Gasteiger partial charge in [-0.1, -0.05) is 20.3 Å². The van der Waals surface area contributed by atoms with E-state index in [1.807, 2.05) is 0 Å². The first-order valence-electron chi connectivity index (χ1n) is 5.07. The molecule has 1 aliphatic rings. The van der Waals surface area contributed by atoms with Crippen molar-refractivity contribution < 1.29 is 4.79 Å². The molecule has 0 radical (unpaired) electrons. The average Bonchev–Trinajstić information content (AvgIpc) is 2.26. The fraction of sp³-hybridized carbons (Fsp3) is 0.900. The third kappa shape index (κ3) is 2.23. The van der Waals surface area contributed by atoms with Gasteiger partial charge in [-0.25, -0.2) is 0 Å². The van der Waals surface area contributed by atoms with Crippen LogP contribution in [0.1, 0.15) is 46.0 Å². The molecule has 1 amide bonds. The van der Waals surface area contributed by atoms with E-state index < -0.39 is 0 Å². The van der Waals surface area contributed by atoms with E-state index in [1.165, 1.54) is 12.8 Å². The molecule has 2 unspecified atom stereocenters. The van der Waals surface area contributed by atoms with Gasteiger partial charge in [0.05, 0.1) is 0 Å². The molecule has 0 aliphatic carbocycles. The van der Waals surface area contributed by atoms with Gasteiger partial charge in [-0.2, -0.15) is 0 Å². The van der Waals surface area contributed by atoms with Crippen LogP contribution in [0.4, 0.5) is 0 Å². The maximum Gasteiger partial charge on any atom is 0.220 e. The van der Waals surface area contributed by atoms with E-state index in [2.05, 4.69) is 19.2 Å². The van der Waals surface area contributed by atoms with Crippen molar-refractivity contribution in [3.05, 3.63) is 0 Å². The van der Waals surface area contributed by atoms with Crippen molar-refractivity contribution in [3.8, 4) is 0 Å². The standard InChI is InChI=1S/C10H19NO/c1-3-8-6-5-7-10(12)11-9(8)4-2/h8-9H,3-7H2,1-2H3,(H,11,12). The van der Waals surface area contributed by atoms with E-state index in [0.29, 0.717) is 12.0 Å². The highest BCUT2D eigenvalue weighted by molar-refractivity contribution is 5.76. The van der Waals surface area contributed by atoms with E-state index in [4.69, 9.17) is 0 Å². The highest BCUT2D eigenvalue weighted by Gasteiger charge is 2.23. The van der Waals surface area contributed by atoms with Gasteiger partial charge in [0.2, 0.25) is 5.91 Å². The van der Waals surface area contributed by atoms with Gasteiger partial charge in [-0.3, -0.25) is 4.79 Å². The topological polar surface area (TPSA) is 29.1 Å². The normalized spacial score (nSPS) is 31.0. The van der Waals surface area contributed by atoms with Crippen LogP contribution in [-0.4, -0.2) is 11.9 Å².